The van der Waals surface area contributed by atoms with Gasteiger partial charge in [-0.3, -0.25) is 10.1 Å². The van der Waals surface area contributed by atoms with Crippen LogP contribution in [0.4, 0.5) is 5.13 Å². The minimum Gasteiger partial charge on any atom is -0.309 e. The third-order valence-electron chi connectivity index (χ3n) is 1.93. The van der Waals surface area contributed by atoms with Crippen molar-refractivity contribution in [3.63, 3.8) is 0 Å². The Bertz CT molecular complexity index is 354. The van der Waals surface area contributed by atoms with Crippen molar-refractivity contribution in [2.24, 2.45) is 0 Å². The van der Waals surface area contributed by atoms with Gasteiger partial charge in [-0.15, -0.1) is 10.2 Å². The molecule has 0 aromatic carbocycles. The van der Waals surface area contributed by atoms with E-state index in [0.717, 1.165) is 23.7 Å². The maximum atomic E-state index is 11.5. The second-order valence-corrected chi connectivity index (χ2v) is 5.93. The first-order valence-electron chi connectivity index (χ1n) is 5.46. The quantitative estimate of drug-likeness (QED) is 0.760. The van der Waals surface area contributed by atoms with Crippen molar-refractivity contribution in [2.45, 2.75) is 13.3 Å². The van der Waals surface area contributed by atoms with Crippen LogP contribution in [0.15, 0.2) is 0 Å². The molecule has 0 aliphatic rings. The smallest absolute Gasteiger partial charge is 0.236 e. The van der Waals surface area contributed by atoms with Crippen LogP contribution in [0.2, 0.25) is 0 Å². The second kappa shape index (κ2) is 7.62. The number of aryl methyl sites for hydroxylation is 1. The molecule has 96 valence electrons. The molecule has 0 unspecified atom stereocenters. The van der Waals surface area contributed by atoms with Crippen LogP contribution in [-0.4, -0.2) is 53.2 Å². The molecule has 0 spiro atoms. The van der Waals surface area contributed by atoms with Gasteiger partial charge in [-0.05, 0) is 20.5 Å². The number of anilines is 1. The van der Waals surface area contributed by atoms with E-state index in [4.69, 9.17) is 0 Å². The number of aromatic nitrogens is 2. The first-order valence-corrected chi connectivity index (χ1v) is 7.43. The van der Waals surface area contributed by atoms with Crippen molar-refractivity contribution in [1.82, 2.24) is 15.1 Å². The summed E-state index contributed by atoms with van der Waals surface area (Å²) in [5.74, 6) is 1.42. The van der Waals surface area contributed by atoms with Gasteiger partial charge in [0.05, 0.1) is 5.75 Å². The number of amides is 1. The zero-order valence-electron chi connectivity index (χ0n) is 10.4. The Labute approximate surface area is 110 Å². The number of thioether (sulfide) groups is 1. The van der Waals surface area contributed by atoms with Crippen LogP contribution in [0.25, 0.3) is 0 Å². The summed E-state index contributed by atoms with van der Waals surface area (Å²) in [6, 6.07) is 0. The Morgan fingerprint density at radius 2 is 2.24 bits per heavy atom. The number of nitrogens with one attached hydrogen (secondary N) is 1. The van der Waals surface area contributed by atoms with Gasteiger partial charge in [0.15, 0.2) is 0 Å². The first-order chi connectivity index (χ1) is 8.11. The molecule has 7 heteroatoms. The lowest BCUT2D eigenvalue weighted by atomic mass is 10.5. The third kappa shape index (κ3) is 5.99. The maximum absolute atomic E-state index is 11.5. The summed E-state index contributed by atoms with van der Waals surface area (Å²) in [7, 11) is 4.04. The van der Waals surface area contributed by atoms with Crippen LogP contribution in [0.5, 0.6) is 0 Å². The fraction of sp³-hybridized carbons (Fsp3) is 0.700. The van der Waals surface area contributed by atoms with Crippen molar-refractivity contribution in [2.75, 3.05) is 37.5 Å². The van der Waals surface area contributed by atoms with E-state index in [1.165, 1.54) is 11.3 Å². The Morgan fingerprint density at radius 3 is 2.82 bits per heavy atom. The average molecular weight is 274 g/mol. The summed E-state index contributed by atoms with van der Waals surface area (Å²) < 4.78 is 0. The largest absolute Gasteiger partial charge is 0.309 e. The van der Waals surface area contributed by atoms with Crippen molar-refractivity contribution in [1.29, 1.82) is 0 Å². The van der Waals surface area contributed by atoms with Crippen LogP contribution < -0.4 is 5.32 Å². The summed E-state index contributed by atoms with van der Waals surface area (Å²) >= 11 is 3.06. The Hall–Kier alpha value is -0.660. The van der Waals surface area contributed by atoms with E-state index in [2.05, 4.69) is 20.4 Å². The molecule has 0 saturated carbocycles. The van der Waals surface area contributed by atoms with Gasteiger partial charge in [-0.1, -0.05) is 18.3 Å². The van der Waals surface area contributed by atoms with E-state index in [-0.39, 0.29) is 5.91 Å². The summed E-state index contributed by atoms with van der Waals surface area (Å²) in [4.78, 5) is 13.6. The zero-order chi connectivity index (χ0) is 12.7. The van der Waals surface area contributed by atoms with Gasteiger partial charge in [-0.25, -0.2) is 0 Å². The van der Waals surface area contributed by atoms with Crippen LogP contribution in [0, 0.1) is 0 Å². The molecule has 0 fully saturated rings. The van der Waals surface area contributed by atoms with Crippen LogP contribution in [0.1, 0.15) is 11.9 Å². The van der Waals surface area contributed by atoms with Crippen molar-refractivity contribution >= 4 is 34.1 Å². The molecule has 0 bridgehead atoms. The number of rotatable bonds is 7. The topological polar surface area (TPSA) is 58.1 Å². The number of hydrogen-bond acceptors (Lipinski definition) is 6. The van der Waals surface area contributed by atoms with E-state index in [0.29, 0.717) is 10.9 Å². The van der Waals surface area contributed by atoms with Gasteiger partial charge in [-0.2, -0.15) is 11.8 Å². The van der Waals surface area contributed by atoms with Gasteiger partial charge >= 0.3 is 0 Å². The maximum Gasteiger partial charge on any atom is 0.236 e. The highest BCUT2D eigenvalue weighted by Crippen LogP contribution is 2.15. The van der Waals surface area contributed by atoms with Crippen molar-refractivity contribution in [3.8, 4) is 0 Å². The minimum absolute atomic E-state index is 0.00689. The van der Waals surface area contributed by atoms with Crippen LogP contribution >= 0.6 is 23.1 Å². The highest BCUT2D eigenvalue weighted by molar-refractivity contribution is 7.99. The summed E-state index contributed by atoms with van der Waals surface area (Å²) in [5, 5.41) is 12.1. The monoisotopic (exact) mass is 274 g/mol. The lowest BCUT2D eigenvalue weighted by molar-refractivity contribution is -0.113. The molecule has 17 heavy (non-hydrogen) atoms. The number of carbonyl (C=O) groups is 1. The lowest BCUT2D eigenvalue weighted by Gasteiger charge is -2.08. The van der Waals surface area contributed by atoms with E-state index in [1.807, 2.05) is 21.0 Å². The molecule has 1 N–H and O–H groups in total. The Morgan fingerprint density at radius 1 is 1.47 bits per heavy atom. The van der Waals surface area contributed by atoms with E-state index >= 15 is 0 Å². The fourth-order valence-electron chi connectivity index (χ4n) is 1.01. The molecule has 0 aliphatic heterocycles. The van der Waals surface area contributed by atoms with Gasteiger partial charge in [0.2, 0.25) is 11.0 Å². The Kier molecular flexibility index (Phi) is 6.46. The predicted molar refractivity (Wildman–Crippen MR) is 73.8 cm³/mol. The molecule has 1 aromatic rings. The molecule has 0 saturated heterocycles. The molecule has 0 atom stereocenters. The summed E-state index contributed by atoms with van der Waals surface area (Å²) in [6.45, 7) is 3.00. The highest BCUT2D eigenvalue weighted by atomic mass is 32.2. The molecule has 1 heterocycles. The van der Waals surface area contributed by atoms with Gasteiger partial charge < -0.3 is 4.90 Å². The van der Waals surface area contributed by atoms with Gasteiger partial charge in [0.1, 0.15) is 5.01 Å². The SMILES string of the molecule is CCc1nnc(NC(=O)CSCCN(C)C)s1. The molecule has 1 aromatic heterocycles. The lowest BCUT2D eigenvalue weighted by Crippen LogP contribution is -2.18. The van der Waals surface area contributed by atoms with E-state index in [9.17, 15) is 4.79 Å². The fourth-order valence-corrected chi connectivity index (χ4v) is 2.61. The van der Waals surface area contributed by atoms with Crippen molar-refractivity contribution in [3.05, 3.63) is 5.01 Å². The van der Waals surface area contributed by atoms with Crippen molar-refractivity contribution < 1.29 is 4.79 Å². The molecule has 0 aliphatic carbocycles. The average Bonchev–Trinajstić information content (AvgIpc) is 2.72. The van der Waals surface area contributed by atoms with E-state index in [1.54, 1.807) is 11.8 Å². The van der Waals surface area contributed by atoms with Crippen LogP contribution in [-0.2, 0) is 11.2 Å². The number of carbonyl (C=O) groups excluding carboxylic acids is 1. The molecular weight excluding hydrogens is 256 g/mol. The predicted octanol–water partition coefficient (Wildman–Crippen LogP) is 1.33. The normalized spacial score (nSPS) is 10.8. The Balaban J connectivity index is 2.20. The third-order valence-corrected chi connectivity index (χ3v) is 3.85. The molecule has 1 amide bonds. The van der Waals surface area contributed by atoms with Gasteiger partial charge in [0, 0.05) is 12.3 Å². The van der Waals surface area contributed by atoms with Crippen LogP contribution in [0.3, 0.4) is 0 Å². The standard InChI is InChI=1S/C10H18N4OS2/c1-4-9-12-13-10(17-9)11-8(15)7-16-6-5-14(2)3/h4-7H2,1-3H3,(H,11,13,15). The highest BCUT2D eigenvalue weighted by Gasteiger charge is 2.07. The molecular formula is C10H18N4OS2. The minimum atomic E-state index is -0.00689. The van der Waals surface area contributed by atoms with Gasteiger partial charge in [0.25, 0.3) is 0 Å². The number of nitrogens with zero attached hydrogens (tertiary/aromatic N) is 3. The molecule has 0 radical (unpaired) electrons. The summed E-state index contributed by atoms with van der Waals surface area (Å²) in [5.41, 5.74) is 0. The molecule has 5 nitrogen and oxygen atoms in total. The zero-order valence-corrected chi connectivity index (χ0v) is 12.0. The first kappa shape index (κ1) is 14.4. The second-order valence-electron chi connectivity index (χ2n) is 3.76. The van der Waals surface area contributed by atoms with E-state index < -0.39 is 0 Å². The summed E-state index contributed by atoms with van der Waals surface area (Å²) in [6.07, 6.45) is 0.852. The molecule has 1 rings (SSSR count). The number of hydrogen-bond donors (Lipinski definition) is 1.